The van der Waals surface area contributed by atoms with Crippen molar-refractivity contribution in [1.29, 1.82) is 0 Å². The zero-order valence-corrected chi connectivity index (χ0v) is 15.3. The molecule has 0 atom stereocenters. The Balaban J connectivity index is 1.64. The Hall–Kier alpha value is -2.68. The van der Waals surface area contributed by atoms with Gasteiger partial charge in [-0.05, 0) is 31.0 Å². The standard InChI is InChI=1S/C17H19N5O3S/c1-21-14-7-6-13(8-15(14)22(2)17(21)23)26(24,25)20-12-9-18-16(19-10-12)11-4-3-5-11/h6-11,20H,3-5H2,1-2H3. The van der Waals surface area contributed by atoms with Crippen LogP contribution in [0.3, 0.4) is 0 Å². The van der Waals surface area contributed by atoms with Gasteiger partial charge in [0, 0.05) is 20.0 Å². The molecule has 0 amide bonds. The normalized spacial score (nSPS) is 15.2. The smallest absolute Gasteiger partial charge is 0.295 e. The van der Waals surface area contributed by atoms with Gasteiger partial charge in [0.05, 0.1) is 34.0 Å². The van der Waals surface area contributed by atoms with Crippen LogP contribution in [-0.4, -0.2) is 27.5 Å². The zero-order valence-electron chi connectivity index (χ0n) is 14.5. The van der Waals surface area contributed by atoms with Gasteiger partial charge in [-0.2, -0.15) is 0 Å². The number of rotatable bonds is 4. The Kier molecular flexibility index (Phi) is 3.83. The van der Waals surface area contributed by atoms with Crippen molar-refractivity contribution in [2.24, 2.45) is 14.1 Å². The fourth-order valence-corrected chi connectivity index (χ4v) is 4.18. The number of nitrogens with one attached hydrogen (secondary N) is 1. The van der Waals surface area contributed by atoms with Crippen molar-refractivity contribution in [1.82, 2.24) is 19.1 Å². The summed E-state index contributed by atoms with van der Waals surface area (Å²) in [5.41, 5.74) is 1.33. The number of anilines is 1. The van der Waals surface area contributed by atoms with E-state index in [1.165, 1.54) is 40.1 Å². The summed E-state index contributed by atoms with van der Waals surface area (Å²) in [6, 6.07) is 4.60. The summed E-state index contributed by atoms with van der Waals surface area (Å²) in [7, 11) is -0.541. The number of hydrogen-bond donors (Lipinski definition) is 1. The topological polar surface area (TPSA) is 98.9 Å². The number of aryl methyl sites for hydroxylation is 2. The summed E-state index contributed by atoms with van der Waals surface area (Å²) in [6.07, 6.45) is 6.35. The third-order valence-electron chi connectivity index (χ3n) is 4.95. The highest BCUT2D eigenvalue weighted by Crippen LogP contribution is 2.34. The van der Waals surface area contributed by atoms with Crippen molar-refractivity contribution in [2.45, 2.75) is 30.1 Å². The molecule has 1 aromatic carbocycles. The highest BCUT2D eigenvalue weighted by Gasteiger charge is 2.22. The largest absolute Gasteiger partial charge is 0.328 e. The molecule has 0 spiro atoms. The molecule has 4 rings (SSSR count). The average Bonchev–Trinajstić information content (AvgIpc) is 2.79. The van der Waals surface area contributed by atoms with Crippen LogP contribution in [0.25, 0.3) is 11.0 Å². The highest BCUT2D eigenvalue weighted by atomic mass is 32.2. The molecule has 1 N–H and O–H groups in total. The second-order valence-electron chi connectivity index (χ2n) is 6.61. The van der Waals surface area contributed by atoms with Crippen LogP contribution in [0.5, 0.6) is 0 Å². The molecule has 8 nitrogen and oxygen atoms in total. The van der Waals surface area contributed by atoms with Gasteiger partial charge in [-0.1, -0.05) is 6.42 Å². The molecule has 26 heavy (non-hydrogen) atoms. The number of aromatic nitrogens is 4. The monoisotopic (exact) mass is 373 g/mol. The second kappa shape index (κ2) is 5.94. The van der Waals surface area contributed by atoms with Crippen LogP contribution in [0.15, 0.2) is 40.3 Å². The number of benzene rings is 1. The van der Waals surface area contributed by atoms with Crippen LogP contribution in [-0.2, 0) is 24.1 Å². The molecular formula is C17H19N5O3S. The van der Waals surface area contributed by atoms with Gasteiger partial charge in [0.2, 0.25) is 0 Å². The van der Waals surface area contributed by atoms with Crippen LogP contribution in [0.4, 0.5) is 5.69 Å². The first kappa shape index (κ1) is 16.8. The summed E-state index contributed by atoms with van der Waals surface area (Å²) in [5, 5.41) is 0. The van der Waals surface area contributed by atoms with E-state index in [4.69, 9.17) is 0 Å². The minimum absolute atomic E-state index is 0.0780. The molecule has 1 aliphatic rings. The molecule has 136 valence electrons. The van der Waals surface area contributed by atoms with E-state index in [9.17, 15) is 13.2 Å². The Morgan fingerprint density at radius 1 is 1.08 bits per heavy atom. The van der Waals surface area contributed by atoms with E-state index in [1.54, 1.807) is 20.2 Å². The third-order valence-corrected chi connectivity index (χ3v) is 6.33. The van der Waals surface area contributed by atoms with Crippen molar-refractivity contribution in [3.63, 3.8) is 0 Å². The Labute approximate surface area is 150 Å². The first-order valence-electron chi connectivity index (χ1n) is 8.37. The van der Waals surface area contributed by atoms with Crippen LogP contribution in [0.1, 0.15) is 31.0 Å². The lowest BCUT2D eigenvalue weighted by molar-refractivity contribution is 0.401. The van der Waals surface area contributed by atoms with E-state index in [0.717, 1.165) is 18.7 Å². The lowest BCUT2D eigenvalue weighted by Crippen LogP contribution is -2.19. The van der Waals surface area contributed by atoms with Gasteiger partial charge in [0.25, 0.3) is 10.0 Å². The van der Waals surface area contributed by atoms with Gasteiger partial charge < -0.3 is 0 Å². The number of hydrogen-bond acceptors (Lipinski definition) is 5. The molecule has 0 bridgehead atoms. The van der Waals surface area contributed by atoms with Crippen molar-refractivity contribution >= 4 is 26.7 Å². The minimum Gasteiger partial charge on any atom is -0.295 e. The first-order chi connectivity index (χ1) is 12.4. The van der Waals surface area contributed by atoms with E-state index < -0.39 is 10.0 Å². The summed E-state index contributed by atoms with van der Waals surface area (Å²) in [6.45, 7) is 0. The number of fused-ring (bicyclic) bond motifs is 1. The van der Waals surface area contributed by atoms with Crippen molar-refractivity contribution < 1.29 is 8.42 Å². The summed E-state index contributed by atoms with van der Waals surface area (Å²) >= 11 is 0. The predicted octanol–water partition coefficient (Wildman–Crippen LogP) is 1.74. The predicted molar refractivity (Wildman–Crippen MR) is 97.6 cm³/mol. The SMILES string of the molecule is Cn1c(=O)n(C)c2cc(S(=O)(=O)Nc3cnc(C4CCC4)nc3)ccc21. The lowest BCUT2D eigenvalue weighted by atomic mass is 9.85. The van der Waals surface area contributed by atoms with Gasteiger partial charge in [-0.3, -0.25) is 13.9 Å². The molecule has 1 aliphatic carbocycles. The van der Waals surface area contributed by atoms with Gasteiger partial charge in [-0.25, -0.2) is 23.2 Å². The highest BCUT2D eigenvalue weighted by molar-refractivity contribution is 7.92. The van der Waals surface area contributed by atoms with E-state index in [2.05, 4.69) is 14.7 Å². The number of nitrogens with zero attached hydrogens (tertiary/aromatic N) is 4. The molecular weight excluding hydrogens is 354 g/mol. The molecule has 0 unspecified atom stereocenters. The van der Waals surface area contributed by atoms with Gasteiger partial charge >= 0.3 is 5.69 Å². The molecule has 3 aromatic rings. The first-order valence-corrected chi connectivity index (χ1v) is 9.85. The number of imidazole rings is 1. The quantitative estimate of drug-likeness (QED) is 0.751. The summed E-state index contributed by atoms with van der Waals surface area (Å²) in [5.74, 6) is 1.15. The molecule has 9 heteroatoms. The fraction of sp³-hybridized carbons (Fsp3) is 0.353. The molecule has 1 fully saturated rings. The third kappa shape index (κ3) is 2.68. The maximum absolute atomic E-state index is 12.7. The molecule has 0 radical (unpaired) electrons. The van der Waals surface area contributed by atoms with Gasteiger partial charge in [0.15, 0.2) is 0 Å². The Morgan fingerprint density at radius 2 is 1.73 bits per heavy atom. The number of sulfonamides is 1. The average molecular weight is 373 g/mol. The molecule has 2 heterocycles. The molecule has 0 saturated heterocycles. The van der Waals surface area contributed by atoms with Crippen molar-refractivity contribution in [3.05, 3.63) is 46.9 Å². The van der Waals surface area contributed by atoms with Crippen molar-refractivity contribution in [2.75, 3.05) is 4.72 Å². The Morgan fingerprint density at radius 3 is 2.35 bits per heavy atom. The maximum atomic E-state index is 12.7. The summed E-state index contributed by atoms with van der Waals surface area (Å²) < 4.78 is 30.7. The van der Waals surface area contributed by atoms with Crippen LogP contribution in [0.2, 0.25) is 0 Å². The molecule has 0 aliphatic heterocycles. The summed E-state index contributed by atoms with van der Waals surface area (Å²) in [4.78, 5) is 20.6. The van der Waals surface area contributed by atoms with Crippen LogP contribution < -0.4 is 10.4 Å². The van der Waals surface area contributed by atoms with E-state index in [0.29, 0.717) is 22.6 Å². The minimum atomic E-state index is -3.80. The molecule has 1 saturated carbocycles. The molecule has 2 aromatic heterocycles. The Bertz CT molecular complexity index is 1140. The zero-order chi connectivity index (χ0) is 18.5. The fourth-order valence-electron chi connectivity index (χ4n) is 3.14. The van der Waals surface area contributed by atoms with Crippen LogP contribution >= 0.6 is 0 Å². The van der Waals surface area contributed by atoms with Crippen LogP contribution in [0, 0.1) is 0 Å². The van der Waals surface area contributed by atoms with E-state index >= 15 is 0 Å². The lowest BCUT2D eigenvalue weighted by Gasteiger charge is -2.23. The van der Waals surface area contributed by atoms with E-state index in [-0.39, 0.29) is 10.6 Å². The maximum Gasteiger partial charge on any atom is 0.328 e. The second-order valence-corrected chi connectivity index (χ2v) is 8.30. The van der Waals surface area contributed by atoms with Crippen molar-refractivity contribution in [3.8, 4) is 0 Å². The van der Waals surface area contributed by atoms with Gasteiger partial charge in [0.1, 0.15) is 5.82 Å². The van der Waals surface area contributed by atoms with Gasteiger partial charge in [-0.15, -0.1) is 0 Å². The van der Waals surface area contributed by atoms with E-state index in [1.807, 2.05) is 0 Å².